The van der Waals surface area contributed by atoms with E-state index in [1.54, 1.807) is 0 Å². The average molecular weight is 279 g/mol. The van der Waals surface area contributed by atoms with E-state index in [9.17, 15) is 0 Å². The van der Waals surface area contributed by atoms with E-state index in [2.05, 4.69) is 38.2 Å². The number of benzene rings is 1. The van der Waals surface area contributed by atoms with Gasteiger partial charge in [-0.1, -0.05) is 39.3 Å². The molecule has 1 N–H and O–H groups in total. The average Bonchev–Trinajstić information content (AvgIpc) is 2.46. The number of nitrogens with one attached hydrogen (secondary N) is 1. The van der Waals surface area contributed by atoms with Crippen LogP contribution in [0.15, 0.2) is 24.3 Å². The molecule has 0 heterocycles. The molecule has 1 atom stereocenters. The third-order valence-electron chi connectivity index (χ3n) is 3.18. The molecule has 0 saturated heterocycles. The van der Waals surface area contributed by atoms with Crippen molar-refractivity contribution in [1.82, 2.24) is 5.32 Å². The lowest BCUT2D eigenvalue weighted by Gasteiger charge is -2.11. The molecule has 0 spiro atoms. The highest BCUT2D eigenvalue weighted by atomic mass is 16.5. The Labute approximate surface area is 123 Å². The highest BCUT2D eigenvalue weighted by Gasteiger charge is 2.00. The van der Waals surface area contributed by atoms with Gasteiger partial charge in [-0.2, -0.15) is 0 Å². The Balaban J connectivity index is 2.12. The largest absolute Gasteiger partial charge is 0.491 e. The molecule has 1 aromatic rings. The predicted octanol–water partition coefficient (Wildman–Crippen LogP) is 3.63. The molecule has 114 valence electrons. The Kier molecular flexibility index (Phi) is 9.09. The summed E-state index contributed by atoms with van der Waals surface area (Å²) in [6, 6.07) is 8.24. The summed E-state index contributed by atoms with van der Waals surface area (Å²) in [5.74, 6) is 1.56. The Morgan fingerprint density at radius 2 is 1.85 bits per heavy atom. The lowest BCUT2D eigenvalue weighted by Crippen LogP contribution is -2.12. The van der Waals surface area contributed by atoms with Gasteiger partial charge in [-0.05, 0) is 36.6 Å². The van der Waals surface area contributed by atoms with E-state index in [1.807, 2.05) is 12.1 Å². The molecule has 3 heteroatoms. The van der Waals surface area contributed by atoms with Crippen LogP contribution in [0.2, 0.25) is 0 Å². The van der Waals surface area contributed by atoms with Gasteiger partial charge in [0.25, 0.3) is 0 Å². The summed E-state index contributed by atoms with van der Waals surface area (Å²) in [4.78, 5) is 0. The van der Waals surface area contributed by atoms with Crippen LogP contribution in [0.4, 0.5) is 0 Å². The van der Waals surface area contributed by atoms with Crippen LogP contribution >= 0.6 is 0 Å². The first kappa shape index (κ1) is 17.0. The van der Waals surface area contributed by atoms with Crippen LogP contribution in [0.5, 0.6) is 5.75 Å². The summed E-state index contributed by atoms with van der Waals surface area (Å²) in [6.07, 6.45) is 2.45. The van der Waals surface area contributed by atoms with Crippen molar-refractivity contribution in [2.45, 2.75) is 40.2 Å². The van der Waals surface area contributed by atoms with Crippen LogP contribution < -0.4 is 10.1 Å². The fraction of sp³-hybridized carbons (Fsp3) is 0.647. The topological polar surface area (TPSA) is 30.5 Å². The summed E-state index contributed by atoms with van der Waals surface area (Å²) >= 11 is 0. The first-order chi connectivity index (χ1) is 9.76. The molecule has 0 aliphatic rings. The minimum absolute atomic E-state index is 0.616. The zero-order chi connectivity index (χ0) is 14.6. The van der Waals surface area contributed by atoms with Gasteiger partial charge in [0.15, 0.2) is 0 Å². The van der Waals surface area contributed by atoms with Gasteiger partial charge in [-0.25, -0.2) is 0 Å². The second-order valence-electron chi connectivity index (χ2n) is 5.24. The van der Waals surface area contributed by atoms with Crippen LogP contribution in [0.25, 0.3) is 0 Å². The van der Waals surface area contributed by atoms with E-state index in [1.165, 1.54) is 18.4 Å². The molecule has 1 aromatic carbocycles. The minimum Gasteiger partial charge on any atom is -0.491 e. The molecule has 0 amide bonds. The number of ether oxygens (including phenoxy) is 2. The van der Waals surface area contributed by atoms with Crippen molar-refractivity contribution in [2.75, 3.05) is 26.4 Å². The third kappa shape index (κ3) is 7.51. The van der Waals surface area contributed by atoms with Gasteiger partial charge < -0.3 is 14.8 Å². The van der Waals surface area contributed by atoms with Crippen LogP contribution in [-0.2, 0) is 11.3 Å². The molecule has 1 unspecified atom stereocenters. The maximum Gasteiger partial charge on any atom is 0.119 e. The molecular formula is C17H29NO2. The molecule has 20 heavy (non-hydrogen) atoms. The van der Waals surface area contributed by atoms with Crippen molar-refractivity contribution in [2.24, 2.45) is 5.92 Å². The number of rotatable bonds is 11. The molecule has 0 aliphatic carbocycles. The molecule has 0 aromatic heterocycles. The second-order valence-corrected chi connectivity index (χ2v) is 5.24. The van der Waals surface area contributed by atoms with Gasteiger partial charge in [-0.3, -0.25) is 0 Å². The Morgan fingerprint density at radius 3 is 2.50 bits per heavy atom. The van der Waals surface area contributed by atoms with Crippen molar-refractivity contribution < 1.29 is 9.47 Å². The summed E-state index contributed by atoms with van der Waals surface area (Å²) < 4.78 is 11.3. The van der Waals surface area contributed by atoms with Gasteiger partial charge in [0.2, 0.25) is 0 Å². The van der Waals surface area contributed by atoms with Crippen molar-refractivity contribution in [3.8, 4) is 5.75 Å². The molecule has 0 fully saturated rings. The summed E-state index contributed by atoms with van der Waals surface area (Å²) in [7, 11) is 0. The lowest BCUT2D eigenvalue weighted by atomic mass is 10.1. The monoisotopic (exact) mass is 279 g/mol. The zero-order valence-electron chi connectivity index (χ0n) is 13.2. The van der Waals surface area contributed by atoms with E-state index >= 15 is 0 Å². The van der Waals surface area contributed by atoms with Crippen LogP contribution in [-0.4, -0.2) is 26.4 Å². The van der Waals surface area contributed by atoms with Crippen LogP contribution in [0, 0.1) is 5.92 Å². The molecule has 1 rings (SSSR count). The molecular weight excluding hydrogens is 250 g/mol. The van der Waals surface area contributed by atoms with Gasteiger partial charge >= 0.3 is 0 Å². The lowest BCUT2D eigenvalue weighted by molar-refractivity contribution is 0.0758. The normalized spacial score (nSPS) is 12.3. The first-order valence-corrected chi connectivity index (χ1v) is 7.76. The maximum atomic E-state index is 5.66. The smallest absolute Gasteiger partial charge is 0.119 e. The highest BCUT2D eigenvalue weighted by Crippen LogP contribution is 2.12. The molecule has 0 radical (unpaired) electrons. The van der Waals surface area contributed by atoms with E-state index in [0.29, 0.717) is 19.1 Å². The van der Waals surface area contributed by atoms with Crippen LogP contribution in [0.1, 0.15) is 39.2 Å². The van der Waals surface area contributed by atoms with E-state index in [4.69, 9.17) is 9.47 Å². The fourth-order valence-electron chi connectivity index (χ4n) is 2.05. The Morgan fingerprint density at radius 1 is 1.10 bits per heavy atom. The number of hydrogen-bond acceptors (Lipinski definition) is 3. The van der Waals surface area contributed by atoms with Gasteiger partial charge in [-0.15, -0.1) is 0 Å². The van der Waals surface area contributed by atoms with Crippen molar-refractivity contribution >= 4 is 0 Å². The van der Waals surface area contributed by atoms with Crippen LogP contribution in [0.3, 0.4) is 0 Å². The Hall–Kier alpha value is -1.06. The number of hydrogen-bond donors (Lipinski definition) is 1. The van der Waals surface area contributed by atoms with Crippen molar-refractivity contribution in [3.63, 3.8) is 0 Å². The van der Waals surface area contributed by atoms with Gasteiger partial charge in [0, 0.05) is 13.2 Å². The quantitative estimate of drug-likeness (QED) is 0.627. The highest BCUT2D eigenvalue weighted by molar-refractivity contribution is 5.27. The third-order valence-corrected chi connectivity index (χ3v) is 3.18. The van der Waals surface area contributed by atoms with Crippen molar-refractivity contribution in [3.05, 3.63) is 29.8 Å². The first-order valence-electron chi connectivity index (χ1n) is 7.76. The zero-order valence-corrected chi connectivity index (χ0v) is 13.2. The predicted molar refractivity (Wildman–Crippen MR) is 84.2 cm³/mol. The van der Waals surface area contributed by atoms with Gasteiger partial charge in [0.1, 0.15) is 12.4 Å². The van der Waals surface area contributed by atoms with Crippen molar-refractivity contribution in [1.29, 1.82) is 0 Å². The molecule has 3 nitrogen and oxygen atoms in total. The fourth-order valence-corrected chi connectivity index (χ4v) is 2.05. The molecule has 0 bridgehead atoms. The SMILES string of the molecule is CCCC(C)COCCOc1ccc(CNCC)cc1. The van der Waals surface area contributed by atoms with Gasteiger partial charge in [0.05, 0.1) is 6.61 Å². The molecule has 0 aliphatic heterocycles. The summed E-state index contributed by atoms with van der Waals surface area (Å²) in [5.41, 5.74) is 1.28. The van der Waals surface area contributed by atoms with E-state index < -0.39 is 0 Å². The van der Waals surface area contributed by atoms with E-state index in [0.717, 1.165) is 25.4 Å². The molecule has 0 saturated carbocycles. The standard InChI is InChI=1S/C17H29NO2/c1-4-6-15(3)14-19-11-12-20-17-9-7-16(8-10-17)13-18-5-2/h7-10,15,18H,4-6,11-14H2,1-3H3. The summed E-state index contributed by atoms with van der Waals surface area (Å²) in [6.45, 7) is 10.6. The minimum atomic E-state index is 0.616. The second kappa shape index (κ2) is 10.7. The maximum absolute atomic E-state index is 5.66. The Bertz CT molecular complexity index is 337. The summed E-state index contributed by atoms with van der Waals surface area (Å²) in [5, 5.41) is 3.30. The van der Waals surface area contributed by atoms with E-state index in [-0.39, 0.29) is 0 Å².